The highest BCUT2D eigenvalue weighted by Crippen LogP contribution is 2.39. The highest BCUT2D eigenvalue weighted by Gasteiger charge is 2.36. The minimum Gasteiger partial charge on any atom is -0.342 e. The zero-order chi connectivity index (χ0) is 20.2. The van der Waals surface area contributed by atoms with E-state index in [2.05, 4.69) is 0 Å². The molecule has 2 aromatic rings. The summed E-state index contributed by atoms with van der Waals surface area (Å²) in [5, 5.41) is 0.153. The third kappa shape index (κ3) is 3.32. The average molecular weight is 411 g/mol. The molecule has 0 aliphatic carbocycles. The second-order valence-electron chi connectivity index (χ2n) is 7.53. The third-order valence-corrected chi connectivity index (χ3v) is 5.94. The molecule has 2 aliphatic heterocycles. The van der Waals surface area contributed by atoms with Gasteiger partial charge in [-0.15, -0.1) is 0 Å². The Kier molecular flexibility index (Phi) is 4.53. The molecule has 4 rings (SSSR count). The summed E-state index contributed by atoms with van der Waals surface area (Å²) in [6.45, 7) is 3.15. The standard InChI is InChI=1S/C20H18ClF3N2O2/c1-11(27)25-8-12-4-14(10-25)18-5-13(6-19(28)26(18)9-12)16-7-15(20(22,23)24)2-3-17(16)21/h2-3,5-7,12,14H,4,8-10H2,1H3/t12-,14+/m0/s1. The van der Waals surface area contributed by atoms with Gasteiger partial charge < -0.3 is 9.47 Å². The summed E-state index contributed by atoms with van der Waals surface area (Å²) in [6.07, 6.45) is -3.65. The van der Waals surface area contributed by atoms with E-state index in [1.54, 1.807) is 15.5 Å². The maximum atomic E-state index is 13.1. The number of hydrogen-bond acceptors (Lipinski definition) is 2. The number of aromatic nitrogens is 1. The molecule has 1 aromatic carbocycles. The molecule has 2 bridgehead atoms. The Hall–Kier alpha value is -2.28. The largest absolute Gasteiger partial charge is 0.416 e. The molecule has 0 spiro atoms. The van der Waals surface area contributed by atoms with E-state index in [1.807, 2.05) is 0 Å². The van der Waals surface area contributed by atoms with Gasteiger partial charge in [-0.1, -0.05) is 11.6 Å². The average Bonchev–Trinajstić information content (AvgIpc) is 2.61. The number of carbonyl (C=O) groups excluding carboxylic acids is 1. The van der Waals surface area contributed by atoms with E-state index in [4.69, 9.17) is 11.6 Å². The molecule has 1 fully saturated rings. The Balaban J connectivity index is 1.81. The van der Waals surface area contributed by atoms with Crippen molar-refractivity contribution in [1.82, 2.24) is 9.47 Å². The highest BCUT2D eigenvalue weighted by atomic mass is 35.5. The van der Waals surface area contributed by atoms with Crippen molar-refractivity contribution in [2.24, 2.45) is 5.92 Å². The van der Waals surface area contributed by atoms with Crippen molar-refractivity contribution in [3.8, 4) is 11.1 Å². The number of carbonyl (C=O) groups is 1. The summed E-state index contributed by atoms with van der Waals surface area (Å²) in [5.41, 5.74) is 0.222. The maximum absolute atomic E-state index is 13.1. The van der Waals surface area contributed by atoms with Gasteiger partial charge >= 0.3 is 6.18 Å². The Bertz CT molecular complexity index is 1020. The Morgan fingerprint density at radius 2 is 1.89 bits per heavy atom. The van der Waals surface area contributed by atoms with Crippen LogP contribution in [0.25, 0.3) is 11.1 Å². The van der Waals surface area contributed by atoms with Gasteiger partial charge in [-0.2, -0.15) is 13.2 Å². The number of fused-ring (bicyclic) bond motifs is 4. The highest BCUT2D eigenvalue weighted by molar-refractivity contribution is 6.33. The van der Waals surface area contributed by atoms with Gasteiger partial charge in [0, 0.05) is 54.8 Å². The lowest BCUT2D eigenvalue weighted by atomic mass is 9.82. The van der Waals surface area contributed by atoms with E-state index in [-0.39, 0.29) is 33.9 Å². The number of rotatable bonds is 1. The monoisotopic (exact) mass is 410 g/mol. The van der Waals surface area contributed by atoms with Crippen molar-refractivity contribution in [3.63, 3.8) is 0 Å². The lowest BCUT2D eigenvalue weighted by molar-refractivity contribution is -0.137. The normalized spacial score (nSPS) is 21.4. The first kappa shape index (κ1) is 19.1. The van der Waals surface area contributed by atoms with Gasteiger partial charge in [-0.25, -0.2) is 0 Å². The van der Waals surface area contributed by atoms with Crippen molar-refractivity contribution in [2.45, 2.75) is 32.0 Å². The summed E-state index contributed by atoms with van der Waals surface area (Å²) in [5.74, 6) is 0.173. The van der Waals surface area contributed by atoms with Crippen LogP contribution in [-0.4, -0.2) is 28.5 Å². The molecule has 0 radical (unpaired) electrons. The second kappa shape index (κ2) is 6.65. The van der Waals surface area contributed by atoms with Gasteiger partial charge in [-0.05, 0) is 42.2 Å². The second-order valence-corrected chi connectivity index (χ2v) is 7.94. The van der Waals surface area contributed by atoms with Crippen molar-refractivity contribution in [1.29, 1.82) is 0 Å². The number of alkyl halides is 3. The van der Waals surface area contributed by atoms with Crippen molar-refractivity contribution >= 4 is 17.5 Å². The van der Waals surface area contributed by atoms with Gasteiger partial charge in [0.1, 0.15) is 0 Å². The topological polar surface area (TPSA) is 42.3 Å². The van der Waals surface area contributed by atoms with Crippen LogP contribution in [0.15, 0.2) is 35.1 Å². The van der Waals surface area contributed by atoms with Crippen LogP contribution >= 0.6 is 11.6 Å². The summed E-state index contributed by atoms with van der Waals surface area (Å²) < 4.78 is 41.0. The first-order chi connectivity index (χ1) is 13.1. The van der Waals surface area contributed by atoms with Crippen molar-refractivity contribution < 1.29 is 18.0 Å². The minimum absolute atomic E-state index is 0.0115. The molecule has 2 aliphatic rings. The van der Waals surface area contributed by atoms with Gasteiger partial charge in [0.2, 0.25) is 5.91 Å². The number of benzene rings is 1. The molecular weight excluding hydrogens is 393 g/mol. The van der Waals surface area contributed by atoms with Crippen LogP contribution in [0, 0.1) is 5.92 Å². The zero-order valence-corrected chi connectivity index (χ0v) is 15.8. The van der Waals surface area contributed by atoms with Crippen LogP contribution in [0.3, 0.4) is 0 Å². The molecular formula is C20H18ClF3N2O2. The first-order valence-electron chi connectivity index (χ1n) is 9.01. The fraction of sp³-hybridized carbons (Fsp3) is 0.400. The SMILES string of the molecule is CC(=O)N1C[C@@H]2C[C@H](C1)c1cc(-c3cc(C(F)(F)F)ccc3Cl)cc(=O)n1C2. The molecule has 0 N–H and O–H groups in total. The fourth-order valence-electron chi connectivity index (χ4n) is 4.29. The van der Waals surface area contributed by atoms with E-state index in [9.17, 15) is 22.8 Å². The van der Waals surface area contributed by atoms with Gasteiger partial charge in [0.05, 0.1) is 5.56 Å². The molecule has 0 saturated carbocycles. The van der Waals surface area contributed by atoms with Gasteiger partial charge in [-0.3, -0.25) is 9.59 Å². The number of amides is 1. The molecule has 3 heterocycles. The molecule has 1 aromatic heterocycles. The molecule has 4 nitrogen and oxygen atoms in total. The quantitative estimate of drug-likeness (QED) is 0.708. The van der Waals surface area contributed by atoms with E-state index in [1.165, 1.54) is 19.1 Å². The third-order valence-electron chi connectivity index (χ3n) is 5.61. The maximum Gasteiger partial charge on any atom is 0.416 e. The van der Waals surface area contributed by atoms with Crippen molar-refractivity contribution in [3.05, 3.63) is 57.0 Å². The van der Waals surface area contributed by atoms with Crippen LogP contribution < -0.4 is 5.56 Å². The predicted molar refractivity (Wildman–Crippen MR) is 99.3 cm³/mol. The van der Waals surface area contributed by atoms with Crippen LogP contribution in [-0.2, 0) is 17.5 Å². The van der Waals surface area contributed by atoms with Gasteiger partial charge in [0.15, 0.2) is 0 Å². The number of likely N-dealkylation sites (tertiary alicyclic amines) is 1. The van der Waals surface area contributed by atoms with Crippen LogP contribution in [0.4, 0.5) is 13.2 Å². The van der Waals surface area contributed by atoms with E-state index in [0.717, 1.165) is 24.2 Å². The summed E-state index contributed by atoms with van der Waals surface area (Å²) in [4.78, 5) is 26.3. The number of pyridine rings is 1. The summed E-state index contributed by atoms with van der Waals surface area (Å²) in [6, 6.07) is 6.18. The summed E-state index contributed by atoms with van der Waals surface area (Å²) in [7, 11) is 0. The lowest BCUT2D eigenvalue weighted by Crippen LogP contribution is -2.48. The molecule has 148 valence electrons. The molecule has 0 unspecified atom stereocenters. The number of hydrogen-bond donors (Lipinski definition) is 0. The Morgan fingerprint density at radius 3 is 2.57 bits per heavy atom. The molecule has 1 saturated heterocycles. The van der Waals surface area contributed by atoms with Crippen molar-refractivity contribution in [2.75, 3.05) is 13.1 Å². The van der Waals surface area contributed by atoms with Crippen LogP contribution in [0.5, 0.6) is 0 Å². The molecule has 2 atom stereocenters. The number of halogens is 4. The molecule has 8 heteroatoms. The molecule has 28 heavy (non-hydrogen) atoms. The summed E-state index contributed by atoms with van der Waals surface area (Å²) >= 11 is 6.16. The number of nitrogens with zero attached hydrogens (tertiary/aromatic N) is 2. The fourth-order valence-corrected chi connectivity index (χ4v) is 4.52. The smallest absolute Gasteiger partial charge is 0.342 e. The molecule has 1 amide bonds. The van der Waals surface area contributed by atoms with E-state index < -0.39 is 11.7 Å². The van der Waals surface area contributed by atoms with Crippen LogP contribution in [0.1, 0.15) is 30.5 Å². The minimum atomic E-state index is -4.50. The zero-order valence-electron chi connectivity index (χ0n) is 15.1. The number of piperidine rings is 1. The lowest BCUT2D eigenvalue weighted by Gasteiger charge is -2.42. The Morgan fingerprint density at radius 1 is 1.14 bits per heavy atom. The Labute approximate surface area is 164 Å². The van der Waals surface area contributed by atoms with Crippen LogP contribution in [0.2, 0.25) is 5.02 Å². The van der Waals surface area contributed by atoms with E-state index >= 15 is 0 Å². The van der Waals surface area contributed by atoms with E-state index in [0.29, 0.717) is 25.2 Å². The first-order valence-corrected chi connectivity index (χ1v) is 9.38. The van der Waals surface area contributed by atoms with Gasteiger partial charge in [0.25, 0.3) is 5.56 Å². The predicted octanol–water partition coefficient (Wildman–Crippen LogP) is 4.15.